The van der Waals surface area contributed by atoms with Gasteiger partial charge in [-0.05, 0) is 36.2 Å². The lowest BCUT2D eigenvalue weighted by Gasteiger charge is -2.35. The van der Waals surface area contributed by atoms with Gasteiger partial charge >= 0.3 is 0 Å². The van der Waals surface area contributed by atoms with E-state index in [0.29, 0.717) is 19.6 Å². The van der Waals surface area contributed by atoms with Gasteiger partial charge in [-0.3, -0.25) is 9.69 Å². The molecule has 0 aliphatic carbocycles. The molecule has 1 fully saturated rings. The fraction of sp³-hybridized carbons (Fsp3) is 0.350. The Morgan fingerprint density at radius 2 is 1.68 bits per heavy atom. The smallest absolute Gasteiger partial charge is 0.241 e. The second-order valence-corrected chi connectivity index (χ2v) is 6.26. The van der Waals surface area contributed by atoms with E-state index in [0.717, 1.165) is 34.9 Å². The van der Waals surface area contributed by atoms with E-state index in [1.807, 2.05) is 54.3 Å². The number of anilines is 1. The SMILES string of the molecule is COc1cc(CN2CCN(c3ccccc3C)C(=O)C2)cc(OC)c1. The second kappa shape index (κ2) is 7.57. The minimum atomic E-state index is 0.135. The van der Waals surface area contributed by atoms with Crippen molar-refractivity contribution in [3.63, 3.8) is 0 Å². The molecule has 1 amide bonds. The number of nitrogens with zero attached hydrogens (tertiary/aromatic N) is 2. The molecule has 2 aromatic rings. The second-order valence-electron chi connectivity index (χ2n) is 6.26. The first-order valence-electron chi connectivity index (χ1n) is 8.41. The zero-order valence-corrected chi connectivity index (χ0v) is 15.0. The molecule has 25 heavy (non-hydrogen) atoms. The maximum atomic E-state index is 12.6. The number of carbonyl (C=O) groups excluding carboxylic acids is 1. The van der Waals surface area contributed by atoms with Crippen molar-refractivity contribution in [1.82, 2.24) is 4.90 Å². The molecule has 1 saturated heterocycles. The van der Waals surface area contributed by atoms with Crippen molar-refractivity contribution < 1.29 is 14.3 Å². The van der Waals surface area contributed by atoms with Crippen LogP contribution in [-0.2, 0) is 11.3 Å². The van der Waals surface area contributed by atoms with Crippen molar-refractivity contribution in [3.05, 3.63) is 53.6 Å². The van der Waals surface area contributed by atoms with Gasteiger partial charge in [0.2, 0.25) is 5.91 Å². The predicted octanol–water partition coefficient (Wildman–Crippen LogP) is 2.86. The summed E-state index contributed by atoms with van der Waals surface area (Å²) >= 11 is 0. The summed E-state index contributed by atoms with van der Waals surface area (Å²) < 4.78 is 10.6. The van der Waals surface area contributed by atoms with Gasteiger partial charge < -0.3 is 14.4 Å². The molecule has 0 aromatic heterocycles. The molecule has 0 unspecified atom stereocenters. The van der Waals surface area contributed by atoms with E-state index in [1.54, 1.807) is 14.2 Å². The van der Waals surface area contributed by atoms with Gasteiger partial charge in [-0.2, -0.15) is 0 Å². The normalized spacial score (nSPS) is 15.3. The fourth-order valence-electron chi connectivity index (χ4n) is 3.19. The van der Waals surface area contributed by atoms with Crippen LogP contribution in [0, 0.1) is 6.92 Å². The lowest BCUT2D eigenvalue weighted by atomic mass is 10.1. The van der Waals surface area contributed by atoms with Crippen LogP contribution < -0.4 is 14.4 Å². The minimum absolute atomic E-state index is 0.135. The van der Waals surface area contributed by atoms with Gasteiger partial charge in [0.1, 0.15) is 11.5 Å². The summed E-state index contributed by atoms with van der Waals surface area (Å²) in [4.78, 5) is 16.7. The summed E-state index contributed by atoms with van der Waals surface area (Å²) in [5.41, 5.74) is 3.21. The average molecular weight is 340 g/mol. The molecule has 5 heteroatoms. The summed E-state index contributed by atoms with van der Waals surface area (Å²) in [5, 5.41) is 0. The molecule has 0 atom stereocenters. The summed E-state index contributed by atoms with van der Waals surface area (Å²) in [7, 11) is 3.28. The van der Waals surface area contributed by atoms with Crippen LogP contribution in [0.5, 0.6) is 11.5 Å². The maximum Gasteiger partial charge on any atom is 0.241 e. The van der Waals surface area contributed by atoms with Crippen molar-refractivity contribution in [1.29, 1.82) is 0 Å². The zero-order chi connectivity index (χ0) is 17.8. The Balaban J connectivity index is 1.70. The quantitative estimate of drug-likeness (QED) is 0.839. The van der Waals surface area contributed by atoms with Crippen LogP contribution in [0.15, 0.2) is 42.5 Å². The molecule has 1 aliphatic heterocycles. The number of aryl methyl sites for hydroxylation is 1. The number of benzene rings is 2. The minimum Gasteiger partial charge on any atom is -0.497 e. The summed E-state index contributed by atoms with van der Waals surface area (Å²) in [6, 6.07) is 13.8. The van der Waals surface area contributed by atoms with Crippen molar-refractivity contribution in [2.24, 2.45) is 0 Å². The van der Waals surface area contributed by atoms with Gasteiger partial charge in [0, 0.05) is 31.4 Å². The number of hydrogen-bond acceptors (Lipinski definition) is 4. The average Bonchev–Trinajstić information content (AvgIpc) is 2.62. The van der Waals surface area contributed by atoms with Crippen LogP contribution in [0.1, 0.15) is 11.1 Å². The molecule has 0 N–H and O–H groups in total. The van der Waals surface area contributed by atoms with Crippen LogP contribution >= 0.6 is 0 Å². The molecular formula is C20H24N2O3. The Kier molecular flexibility index (Phi) is 5.24. The van der Waals surface area contributed by atoms with E-state index < -0.39 is 0 Å². The molecule has 2 aromatic carbocycles. The zero-order valence-electron chi connectivity index (χ0n) is 15.0. The number of amides is 1. The van der Waals surface area contributed by atoms with Crippen molar-refractivity contribution in [2.75, 3.05) is 38.8 Å². The third-order valence-corrected chi connectivity index (χ3v) is 4.52. The third-order valence-electron chi connectivity index (χ3n) is 4.52. The topological polar surface area (TPSA) is 42.0 Å². The Morgan fingerprint density at radius 1 is 1.00 bits per heavy atom. The number of para-hydroxylation sites is 1. The number of hydrogen-bond donors (Lipinski definition) is 0. The molecule has 0 radical (unpaired) electrons. The van der Waals surface area contributed by atoms with Crippen LogP contribution in [0.2, 0.25) is 0 Å². The van der Waals surface area contributed by atoms with Crippen molar-refractivity contribution >= 4 is 11.6 Å². The Bertz CT molecular complexity index is 738. The highest BCUT2D eigenvalue weighted by Gasteiger charge is 2.26. The molecule has 132 valence electrons. The molecular weight excluding hydrogens is 316 g/mol. The fourth-order valence-corrected chi connectivity index (χ4v) is 3.19. The first-order valence-corrected chi connectivity index (χ1v) is 8.41. The van der Waals surface area contributed by atoms with Gasteiger partial charge in [0.05, 0.1) is 20.8 Å². The van der Waals surface area contributed by atoms with Gasteiger partial charge in [0.25, 0.3) is 0 Å². The van der Waals surface area contributed by atoms with E-state index in [9.17, 15) is 4.79 Å². The molecule has 1 heterocycles. The third kappa shape index (κ3) is 3.94. The molecule has 0 saturated carbocycles. The standard InChI is InChI=1S/C20H24N2O3/c1-15-6-4-5-7-19(15)22-9-8-21(14-20(22)23)13-16-10-17(24-2)12-18(11-16)25-3/h4-7,10-12H,8-9,13-14H2,1-3H3. The van der Waals surface area contributed by atoms with Crippen LogP contribution in [0.25, 0.3) is 0 Å². The Morgan fingerprint density at radius 3 is 2.28 bits per heavy atom. The lowest BCUT2D eigenvalue weighted by Crippen LogP contribution is -2.50. The number of methoxy groups -OCH3 is 2. The van der Waals surface area contributed by atoms with E-state index in [-0.39, 0.29) is 5.91 Å². The largest absolute Gasteiger partial charge is 0.497 e. The van der Waals surface area contributed by atoms with Crippen molar-refractivity contribution in [3.8, 4) is 11.5 Å². The van der Waals surface area contributed by atoms with E-state index in [2.05, 4.69) is 4.90 Å². The van der Waals surface area contributed by atoms with E-state index in [4.69, 9.17) is 9.47 Å². The number of ether oxygens (including phenoxy) is 2. The van der Waals surface area contributed by atoms with Gasteiger partial charge in [-0.1, -0.05) is 18.2 Å². The Hall–Kier alpha value is -2.53. The van der Waals surface area contributed by atoms with Gasteiger partial charge in [-0.25, -0.2) is 0 Å². The van der Waals surface area contributed by atoms with E-state index >= 15 is 0 Å². The highest BCUT2D eigenvalue weighted by atomic mass is 16.5. The maximum absolute atomic E-state index is 12.6. The predicted molar refractivity (Wildman–Crippen MR) is 98.4 cm³/mol. The monoisotopic (exact) mass is 340 g/mol. The van der Waals surface area contributed by atoms with Crippen LogP contribution in [-0.4, -0.2) is 44.7 Å². The number of rotatable bonds is 5. The highest BCUT2D eigenvalue weighted by Crippen LogP contribution is 2.25. The van der Waals surface area contributed by atoms with Gasteiger partial charge in [0.15, 0.2) is 0 Å². The molecule has 0 spiro atoms. The van der Waals surface area contributed by atoms with E-state index in [1.165, 1.54) is 0 Å². The molecule has 3 rings (SSSR count). The first-order chi connectivity index (χ1) is 12.1. The summed E-state index contributed by atoms with van der Waals surface area (Å²) in [5.74, 6) is 1.66. The lowest BCUT2D eigenvalue weighted by molar-refractivity contribution is -0.121. The number of carbonyl (C=O) groups is 1. The summed E-state index contributed by atoms with van der Waals surface area (Å²) in [6.07, 6.45) is 0. The highest BCUT2D eigenvalue weighted by molar-refractivity contribution is 5.96. The molecule has 0 bridgehead atoms. The Labute approximate surface area is 148 Å². The van der Waals surface area contributed by atoms with Crippen molar-refractivity contribution in [2.45, 2.75) is 13.5 Å². The number of piperazine rings is 1. The molecule has 5 nitrogen and oxygen atoms in total. The molecule has 1 aliphatic rings. The first kappa shape index (κ1) is 17.3. The van der Waals surface area contributed by atoms with Crippen LogP contribution in [0.3, 0.4) is 0 Å². The van der Waals surface area contributed by atoms with Gasteiger partial charge in [-0.15, -0.1) is 0 Å². The van der Waals surface area contributed by atoms with Crippen LogP contribution in [0.4, 0.5) is 5.69 Å². The summed E-state index contributed by atoms with van der Waals surface area (Å²) in [6.45, 7) is 4.68.